The molecule has 4 amide bonds. The second-order valence-electron chi connectivity index (χ2n) is 6.89. The molecule has 3 aromatic rings. The molecular formula is C24H16Cl2N2O4. The lowest BCUT2D eigenvalue weighted by molar-refractivity contribution is -0.122. The topological polar surface area (TPSA) is 75.7 Å². The van der Waals surface area contributed by atoms with E-state index in [4.69, 9.17) is 27.9 Å². The van der Waals surface area contributed by atoms with Crippen LogP contribution in [0.4, 0.5) is 10.5 Å². The number of halogens is 2. The summed E-state index contributed by atoms with van der Waals surface area (Å²) in [6, 6.07) is 19.6. The van der Waals surface area contributed by atoms with Gasteiger partial charge < -0.3 is 4.74 Å². The number of amides is 4. The maximum absolute atomic E-state index is 13.0. The molecule has 8 heteroatoms. The molecule has 1 aliphatic rings. The highest BCUT2D eigenvalue weighted by atomic mass is 35.5. The van der Waals surface area contributed by atoms with Crippen molar-refractivity contribution in [3.05, 3.63) is 99.5 Å². The number of carbonyl (C=O) groups excluding carboxylic acids is 3. The van der Waals surface area contributed by atoms with Gasteiger partial charge in [0.2, 0.25) is 0 Å². The average molecular weight is 467 g/mol. The summed E-state index contributed by atoms with van der Waals surface area (Å²) in [4.78, 5) is 38.5. The van der Waals surface area contributed by atoms with Crippen LogP contribution in [0.5, 0.6) is 5.75 Å². The molecule has 1 N–H and O–H groups in total. The molecule has 0 atom stereocenters. The van der Waals surface area contributed by atoms with Crippen molar-refractivity contribution in [1.29, 1.82) is 0 Å². The van der Waals surface area contributed by atoms with Crippen LogP contribution in [0.2, 0.25) is 10.0 Å². The number of ether oxygens (including phenoxy) is 1. The van der Waals surface area contributed by atoms with E-state index < -0.39 is 17.8 Å². The quantitative estimate of drug-likeness (QED) is 0.412. The number of hydrogen-bond donors (Lipinski definition) is 1. The largest absolute Gasteiger partial charge is 0.489 e. The van der Waals surface area contributed by atoms with Crippen molar-refractivity contribution in [3.63, 3.8) is 0 Å². The van der Waals surface area contributed by atoms with Gasteiger partial charge in [-0.3, -0.25) is 14.9 Å². The van der Waals surface area contributed by atoms with Crippen molar-refractivity contribution in [3.8, 4) is 5.75 Å². The first-order valence-corrected chi connectivity index (χ1v) is 10.3. The Hall–Kier alpha value is -3.61. The van der Waals surface area contributed by atoms with Crippen molar-refractivity contribution >= 4 is 52.8 Å². The standard InChI is InChI=1S/C24H16Cl2N2O4/c25-17-7-4-8-18(13-17)28-23(30)20(22(29)27-24(28)31)12-15-5-3-9-19(11-15)32-14-16-6-1-2-10-21(16)26/h1-13H,14H2,(H,27,29,31)/b20-12-. The van der Waals surface area contributed by atoms with Gasteiger partial charge in [0.25, 0.3) is 11.8 Å². The molecule has 0 aliphatic carbocycles. The minimum Gasteiger partial charge on any atom is -0.489 e. The molecule has 0 radical (unpaired) electrons. The Kier molecular flexibility index (Phi) is 6.25. The summed E-state index contributed by atoms with van der Waals surface area (Å²) in [7, 11) is 0. The molecule has 1 saturated heterocycles. The van der Waals surface area contributed by atoms with E-state index in [1.807, 2.05) is 18.2 Å². The monoisotopic (exact) mass is 466 g/mol. The van der Waals surface area contributed by atoms with E-state index in [1.165, 1.54) is 12.1 Å². The Morgan fingerprint density at radius 1 is 0.906 bits per heavy atom. The first kappa shape index (κ1) is 21.6. The SMILES string of the molecule is O=C1NC(=O)N(c2cccc(Cl)c2)C(=O)/C1=C\c1cccc(OCc2ccccc2Cl)c1. The van der Waals surface area contributed by atoms with Crippen LogP contribution in [0.3, 0.4) is 0 Å². The Bertz CT molecular complexity index is 1260. The zero-order valence-corrected chi connectivity index (χ0v) is 18.1. The van der Waals surface area contributed by atoms with Gasteiger partial charge in [-0.25, -0.2) is 9.69 Å². The van der Waals surface area contributed by atoms with Gasteiger partial charge in [-0.05, 0) is 48.0 Å². The van der Waals surface area contributed by atoms with E-state index in [0.29, 0.717) is 21.4 Å². The zero-order valence-electron chi connectivity index (χ0n) is 16.5. The number of urea groups is 1. The van der Waals surface area contributed by atoms with Crippen molar-refractivity contribution < 1.29 is 19.1 Å². The minimum absolute atomic E-state index is 0.187. The molecule has 1 heterocycles. The van der Waals surface area contributed by atoms with E-state index in [-0.39, 0.29) is 17.9 Å². The van der Waals surface area contributed by atoms with Crippen molar-refractivity contribution in [2.45, 2.75) is 6.61 Å². The number of nitrogens with one attached hydrogen (secondary N) is 1. The van der Waals surface area contributed by atoms with Crippen molar-refractivity contribution in [1.82, 2.24) is 5.32 Å². The van der Waals surface area contributed by atoms with E-state index in [2.05, 4.69) is 5.32 Å². The van der Waals surface area contributed by atoms with E-state index in [0.717, 1.165) is 10.5 Å². The smallest absolute Gasteiger partial charge is 0.335 e. The molecule has 1 fully saturated rings. The fourth-order valence-electron chi connectivity index (χ4n) is 3.14. The highest BCUT2D eigenvalue weighted by Crippen LogP contribution is 2.25. The van der Waals surface area contributed by atoms with Gasteiger partial charge in [-0.2, -0.15) is 0 Å². The number of carbonyl (C=O) groups is 3. The van der Waals surface area contributed by atoms with E-state index >= 15 is 0 Å². The zero-order chi connectivity index (χ0) is 22.7. The lowest BCUT2D eigenvalue weighted by atomic mass is 10.1. The fraction of sp³-hybridized carbons (Fsp3) is 0.0417. The molecule has 0 bridgehead atoms. The molecule has 32 heavy (non-hydrogen) atoms. The predicted octanol–water partition coefficient (Wildman–Crippen LogP) is 5.24. The third kappa shape index (κ3) is 4.66. The van der Waals surface area contributed by atoms with Crippen molar-refractivity contribution in [2.24, 2.45) is 0 Å². The molecule has 0 saturated carbocycles. The van der Waals surface area contributed by atoms with E-state index in [1.54, 1.807) is 48.5 Å². The molecule has 4 rings (SSSR count). The second-order valence-corrected chi connectivity index (χ2v) is 7.73. The Balaban J connectivity index is 1.59. The fourth-order valence-corrected chi connectivity index (χ4v) is 3.52. The maximum Gasteiger partial charge on any atom is 0.335 e. The van der Waals surface area contributed by atoms with Gasteiger partial charge >= 0.3 is 6.03 Å². The van der Waals surface area contributed by atoms with Gasteiger partial charge in [0.15, 0.2) is 0 Å². The van der Waals surface area contributed by atoms with Crippen LogP contribution < -0.4 is 15.0 Å². The van der Waals surface area contributed by atoms with Gasteiger partial charge in [-0.1, -0.05) is 59.6 Å². The van der Waals surface area contributed by atoms with Crippen LogP contribution in [0, 0.1) is 0 Å². The number of benzene rings is 3. The molecule has 0 spiro atoms. The normalized spacial score (nSPS) is 15.1. The number of hydrogen-bond acceptors (Lipinski definition) is 4. The molecular weight excluding hydrogens is 451 g/mol. The van der Waals surface area contributed by atoms with E-state index in [9.17, 15) is 14.4 Å². The number of imide groups is 2. The summed E-state index contributed by atoms with van der Waals surface area (Å²) >= 11 is 12.1. The number of anilines is 1. The lowest BCUT2D eigenvalue weighted by Gasteiger charge is -2.26. The Morgan fingerprint density at radius 2 is 1.69 bits per heavy atom. The summed E-state index contributed by atoms with van der Waals surface area (Å²) in [5.41, 5.74) is 1.46. The molecule has 160 valence electrons. The minimum atomic E-state index is -0.837. The summed E-state index contributed by atoms with van der Waals surface area (Å²) in [6.45, 7) is 0.260. The van der Waals surface area contributed by atoms with Crippen LogP contribution in [-0.2, 0) is 16.2 Å². The van der Waals surface area contributed by atoms with Gasteiger partial charge in [0, 0.05) is 15.6 Å². The van der Waals surface area contributed by atoms with Crippen LogP contribution in [-0.4, -0.2) is 17.8 Å². The molecule has 0 unspecified atom stereocenters. The van der Waals surface area contributed by atoms with Crippen molar-refractivity contribution in [2.75, 3.05) is 4.90 Å². The van der Waals surface area contributed by atoms with Crippen LogP contribution in [0.1, 0.15) is 11.1 Å². The lowest BCUT2D eigenvalue weighted by Crippen LogP contribution is -2.54. The van der Waals surface area contributed by atoms with Crippen LogP contribution in [0.25, 0.3) is 6.08 Å². The first-order valence-electron chi connectivity index (χ1n) is 9.55. The molecule has 0 aromatic heterocycles. The second kappa shape index (κ2) is 9.26. The van der Waals surface area contributed by atoms with Crippen LogP contribution in [0.15, 0.2) is 78.4 Å². The maximum atomic E-state index is 13.0. The summed E-state index contributed by atoms with van der Waals surface area (Å²) < 4.78 is 5.80. The highest BCUT2D eigenvalue weighted by Gasteiger charge is 2.36. The summed E-state index contributed by atoms with van der Waals surface area (Å²) in [5, 5.41) is 3.14. The molecule has 3 aromatic carbocycles. The Labute approximate surface area is 194 Å². The molecule has 6 nitrogen and oxygen atoms in total. The predicted molar refractivity (Wildman–Crippen MR) is 123 cm³/mol. The Morgan fingerprint density at radius 3 is 2.47 bits per heavy atom. The van der Waals surface area contributed by atoms with Gasteiger partial charge in [0.05, 0.1) is 5.69 Å². The number of rotatable bonds is 5. The third-order valence-corrected chi connectivity index (χ3v) is 5.29. The number of nitrogens with zero attached hydrogens (tertiary/aromatic N) is 1. The summed E-state index contributed by atoms with van der Waals surface area (Å²) in [6.07, 6.45) is 1.41. The van der Waals surface area contributed by atoms with Gasteiger partial charge in [-0.15, -0.1) is 0 Å². The summed E-state index contributed by atoms with van der Waals surface area (Å²) in [5.74, 6) is -0.991. The van der Waals surface area contributed by atoms with Gasteiger partial charge in [0.1, 0.15) is 17.9 Å². The number of barbiturate groups is 1. The molecule has 1 aliphatic heterocycles. The highest BCUT2D eigenvalue weighted by molar-refractivity contribution is 6.39. The van der Waals surface area contributed by atoms with Crippen LogP contribution >= 0.6 is 23.2 Å². The third-order valence-electron chi connectivity index (χ3n) is 4.69. The first-order chi connectivity index (χ1) is 15.4. The average Bonchev–Trinajstić information content (AvgIpc) is 2.76.